The second kappa shape index (κ2) is 8.05. The molecule has 1 amide bonds. The summed E-state index contributed by atoms with van der Waals surface area (Å²) < 4.78 is 25.6. The molecule has 26 heavy (non-hydrogen) atoms. The van der Waals surface area contributed by atoms with Crippen LogP contribution in [0.4, 0.5) is 11.4 Å². The Hall–Kier alpha value is -1.47. The smallest absolute Gasteiger partial charge is 0.248 e. The van der Waals surface area contributed by atoms with Crippen molar-refractivity contribution in [2.45, 2.75) is 19.9 Å². The fourth-order valence-corrected chi connectivity index (χ4v) is 4.04. The summed E-state index contributed by atoms with van der Waals surface area (Å²) >= 11 is 18.1. The number of rotatable bonds is 5. The molecule has 0 unspecified atom stereocenters. The van der Waals surface area contributed by atoms with Crippen LogP contribution in [0.3, 0.4) is 0 Å². The van der Waals surface area contributed by atoms with Crippen molar-refractivity contribution in [3.63, 3.8) is 0 Å². The molecule has 9 heteroatoms. The summed E-state index contributed by atoms with van der Waals surface area (Å²) in [4.78, 5) is 12.6. The normalized spacial score (nSPS) is 12.5. The van der Waals surface area contributed by atoms with Gasteiger partial charge in [-0.05, 0) is 49.7 Å². The van der Waals surface area contributed by atoms with Gasteiger partial charge in [0.15, 0.2) is 0 Å². The molecule has 0 saturated carbocycles. The first kappa shape index (κ1) is 20.8. The van der Waals surface area contributed by atoms with E-state index >= 15 is 0 Å². The highest BCUT2D eigenvalue weighted by atomic mass is 35.5. The molecular weight excluding hydrogens is 419 g/mol. The van der Waals surface area contributed by atoms with E-state index in [-0.39, 0.29) is 0 Å². The van der Waals surface area contributed by atoms with E-state index in [4.69, 9.17) is 34.8 Å². The van der Waals surface area contributed by atoms with Gasteiger partial charge in [0.1, 0.15) is 6.04 Å². The number of hydrogen-bond acceptors (Lipinski definition) is 3. The summed E-state index contributed by atoms with van der Waals surface area (Å²) in [5.74, 6) is -0.559. The van der Waals surface area contributed by atoms with Gasteiger partial charge in [0.05, 0.1) is 22.7 Å². The van der Waals surface area contributed by atoms with Crippen LogP contribution in [0, 0.1) is 6.92 Å². The molecule has 0 radical (unpaired) electrons. The fourth-order valence-electron chi connectivity index (χ4n) is 2.36. The van der Waals surface area contributed by atoms with E-state index in [0.29, 0.717) is 26.4 Å². The maximum atomic E-state index is 12.6. The van der Waals surface area contributed by atoms with Gasteiger partial charge in [-0.15, -0.1) is 0 Å². The topological polar surface area (TPSA) is 66.5 Å². The number of halogens is 3. The highest BCUT2D eigenvalue weighted by Crippen LogP contribution is 2.29. The lowest BCUT2D eigenvalue weighted by atomic mass is 10.2. The molecule has 0 aromatic heterocycles. The summed E-state index contributed by atoms with van der Waals surface area (Å²) in [5.41, 5.74) is 1.39. The van der Waals surface area contributed by atoms with Crippen molar-refractivity contribution in [3.05, 3.63) is 57.0 Å². The fraction of sp³-hybridized carbons (Fsp3) is 0.235. The molecule has 2 rings (SSSR count). The van der Waals surface area contributed by atoms with Gasteiger partial charge in [0.25, 0.3) is 0 Å². The second-order valence-electron chi connectivity index (χ2n) is 5.78. The summed E-state index contributed by atoms with van der Waals surface area (Å²) in [7, 11) is -3.75. The summed E-state index contributed by atoms with van der Waals surface area (Å²) in [5, 5.41) is 3.69. The van der Waals surface area contributed by atoms with Crippen molar-refractivity contribution >= 4 is 62.1 Å². The highest BCUT2D eigenvalue weighted by molar-refractivity contribution is 7.92. The number of aryl methyl sites for hydroxylation is 1. The molecule has 2 aromatic carbocycles. The zero-order valence-corrected chi connectivity index (χ0v) is 17.3. The number of carbonyl (C=O) groups excluding carboxylic acids is 1. The van der Waals surface area contributed by atoms with Crippen LogP contribution in [-0.4, -0.2) is 26.6 Å². The number of carbonyl (C=O) groups is 1. The Bertz CT molecular complexity index is 948. The van der Waals surface area contributed by atoms with E-state index in [2.05, 4.69) is 5.32 Å². The Morgan fingerprint density at radius 2 is 1.73 bits per heavy atom. The minimum absolute atomic E-state index is 0.291. The quantitative estimate of drug-likeness (QED) is 0.737. The molecule has 0 aliphatic heterocycles. The SMILES string of the molecule is Cc1ccc(N([C@H](C)C(=O)Nc2cc(Cl)ccc2Cl)S(C)(=O)=O)cc1Cl. The zero-order chi connectivity index (χ0) is 19.6. The largest absolute Gasteiger partial charge is 0.323 e. The summed E-state index contributed by atoms with van der Waals surface area (Å²) in [6.07, 6.45) is 1.02. The van der Waals surface area contributed by atoms with Gasteiger partial charge in [0.2, 0.25) is 15.9 Å². The van der Waals surface area contributed by atoms with Crippen LogP contribution >= 0.6 is 34.8 Å². The molecule has 0 spiro atoms. The Labute approximate surface area is 167 Å². The van der Waals surface area contributed by atoms with Crippen molar-refractivity contribution < 1.29 is 13.2 Å². The van der Waals surface area contributed by atoms with E-state index in [0.717, 1.165) is 16.1 Å². The second-order valence-corrected chi connectivity index (χ2v) is 8.89. The molecule has 0 aliphatic rings. The third-order valence-corrected chi connectivity index (χ3v) is 5.90. The monoisotopic (exact) mass is 434 g/mol. The first-order valence-electron chi connectivity index (χ1n) is 7.52. The molecule has 0 aliphatic carbocycles. The number of nitrogens with one attached hydrogen (secondary N) is 1. The minimum atomic E-state index is -3.75. The molecule has 0 fully saturated rings. The van der Waals surface area contributed by atoms with E-state index < -0.39 is 22.0 Å². The predicted molar refractivity (Wildman–Crippen MR) is 108 cm³/mol. The number of hydrogen-bond donors (Lipinski definition) is 1. The van der Waals surface area contributed by atoms with E-state index in [1.54, 1.807) is 25.1 Å². The number of benzene rings is 2. The minimum Gasteiger partial charge on any atom is -0.323 e. The van der Waals surface area contributed by atoms with Crippen LogP contribution in [0.25, 0.3) is 0 Å². The van der Waals surface area contributed by atoms with Crippen molar-refractivity contribution in [2.24, 2.45) is 0 Å². The van der Waals surface area contributed by atoms with Gasteiger partial charge >= 0.3 is 0 Å². The van der Waals surface area contributed by atoms with Crippen LogP contribution in [0.2, 0.25) is 15.1 Å². The molecule has 0 heterocycles. The van der Waals surface area contributed by atoms with Gasteiger partial charge < -0.3 is 5.32 Å². The summed E-state index contributed by atoms with van der Waals surface area (Å²) in [6, 6.07) is 8.36. The van der Waals surface area contributed by atoms with Gasteiger partial charge in [-0.2, -0.15) is 0 Å². The Balaban J connectivity index is 2.37. The van der Waals surface area contributed by atoms with Gasteiger partial charge in [-0.3, -0.25) is 9.10 Å². The maximum absolute atomic E-state index is 12.6. The van der Waals surface area contributed by atoms with E-state index in [9.17, 15) is 13.2 Å². The number of sulfonamides is 1. The van der Waals surface area contributed by atoms with Gasteiger partial charge in [0, 0.05) is 10.0 Å². The molecule has 1 atom stereocenters. The average molecular weight is 436 g/mol. The predicted octanol–water partition coefficient (Wildman–Crippen LogP) is 4.75. The molecule has 2 aromatic rings. The molecular formula is C17H17Cl3N2O3S. The average Bonchev–Trinajstić information content (AvgIpc) is 2.53. The lowest BCUT2D eigenvalue weighted by molar-refractivity contribution is -0.116. The number of nitrogens with zero attached hydrogens (tertiary/aromatic N) is 1. The third kappa shape index (κ3) is 4.82. The van der Waals surface area contributed by atoms with Crippen LogP contribution in [0.5, 0.6) is 0 Å². The van der Waals surface area contributed by atoms with Crippen molar-refractivity contribution in [1.82, 2.24) is 0 Å². The molecule has 140 valence electrons. The third-order valence-electron chi connectivity index (χ3n) is 3.68. The van der Waals surface area contributed by atoms with Crippen LogP contribution in [0.1, 0.15) is 12.5 Å². The number of amides is 1. The Kier molecular flexibility index (Phi) is 6.45. The lowest BCUT2D eigenvalue weighted by Crippen LogP contribution is -2.45. The highest BCUT2D eigenvalue weighted by Gasteiger charge is 2.29. The van der Waals surface area contributed by atoms with Crippen molar-refractivity contribution in [2.75, 3.05) is 15.9 Å². The lowest BCUT2D eigenvalue weighted by Gasteiger charge is -2.28. The van der Waals surface area contributed by atoms with Crippen LogP contribution in [-0.2, 0) is 14.8 Å². The maximum Gasteiger partial charge on any atom is 0.248 e. The molecule has 0 bridgehead atoms. The zero-order valence-electron chi connectivity index (χ0n) is 14.3. The van der Waals surface area contributed by atoms with Crippen LogP contribution in [0.15, 0.2) is 36.4 Å². The van der Waals surface area contributed by atoms with Crippen molar-refractivity contribution in [1.29, 1.82) is 0 Å². The first-order chi connectivity index (χ1) is 12.0. The van der Waals surface area contributed by atoms with Crippen molar-refractivity contribution in [3.8, 4) is 0 Å². The van der Waals surface area contributed by atoms with E-state index in [1.807, 2.05) is 0 Å². The molecule has 5 nitrogen and oxygen atoms in total. The Morgan fingerprint density at radius 3 is 2.31 bits per heavy atom. The molecule has 0 saturated heterocycles. The molecule has 1 N–H and O–H groups in total. The number of anilines is 2. The van der Waals surface area contributed by atoms with Gasteiger partial charge in [-0.1, -0.05) is 40.9 Å². The summed E-state index contributed by atoms with van der Waals surface area (Å²) in [6.45, 7) is 3.27. The van der Waals surface area contributed by atoms with E-state index in [1.165, 1.54) is 25.1 Å². The first-order valence-corrected chi connectivity index (χ1v) is 10.5. The van der Waals surface area contributed by atoms with Gasteiger partial charge in [-0.25, -0.2) is 8.42 Å². The standard InChI is InChI=1S/C17H17Cl3N2O3S/c1-10-4-6-13(9-15(10)20)22(26(3,24)25)11(2)17(23)21-16-8-12(18)5-7-14(16)19/h4-9,11H,1-3H3,(H,21,23)/t11-/m1/s1. The van der Waals surface area contributed by atoms with Crippen LogP contribution < -0.4 is 9.62 Å². The Morgan fingerprint density at radius 1 is 1.08 bits per heavy atom.